The maximum absolute atomic E-state index is 11.0. The van der Waals surface area contributed by atoms with Gasteiger partial charge in [-0.3, -0.25) is 0 Å². The number of aliphatic hydroxyl groups is 1. The molecule has 1 rings (SSSR count). The average molecular weight is 236 g/mol. The second-order valence-electron chi connectivity index (χ2n) is 4.50. The molecule has 0 bridgehead atoms. The van der Waals surface area contributed by atoms with E-state index in [4.69, 9.17) is 4.74 Å². The summed E-state index contributed by atoms with van der Waals surface area (Å²) in [5, 5.41) is 9.37. The first kappa shape index (κ1) is 12.9. The van der Waals surface area contributed by atoms with E-state index >= 15 is 0 Å². The molecule has 1 aliphatic rings. The second kappa shape index (κ2) is 5.27. The number of hydrogen-bond acceptors (Lipinski definition) is 4. The van der Waals surface area contributed by atoms with Gasteiger partial charge in [0.05, 0.1) is 0 Å². The van der Waals surface area contributed by atoms with E-state index < -0.39 is 9.84 Å². The van der Waals surface area contributed by atoms with Crippen LogP contribution in [0.5, 0.6) is 0 Å². The normalized spacial score (nSPS) is 21.5. The van der Waals surface area contributed by atoms with Gasteiger partial charge in [0.15, 0.2) is 0 Å². The molecule has 1 saturated heterocycles. The van der Waals surface area contributed by atoms with Crippen LogP contribution in [0.25, 0.3) is 0 Å². The van der Waals surface area contributed by atoms with Gasteiger partial charge in [-0.25, -0.2) is 8.42 Å². The molecular formula is C10H20O4S. The predicted molar refractivity (Wildman–Crippen MR) is 58.5 cm³/mol. The van der Waals surface area contributed by atoms with E-state index in [1.54, 1.807) is 0 Å². The zero-order valence-corrected chi connectivity index (χ0v) is 10.1. The monoisotopic (exact) mass is 236 g/mol. The lowest BCUT2D eigenvalue weighted by molar-refractivity contribution is -0.0208. The van der Waals surface area contributed by atoms with Crippen LogP contribution < -0.4 is 0 Å². The SMILES string of the molecule is CS(=O)(=O)CCCC1(CO)CCOCC1. The van der Waals surface area contributed by atoms with E-state index in [0.717, 1.165) is 19.3 Å². The number of ether oxygens (including phenoxy) is 1. The Bertz CT molecular complexity index is 278. The fraction of sp³-hybridized carbons (Fsp3) is 1.00. The highest BCUT2D eigenvalue weighted by Crippen LogP contribution is 2.34. The number of rotatable bonds is 5. The van der Waals surface area contributed by atoms with Gasteiger partial charge in [0, 0.05) is 31.8 Å². The molecule has 0 amide bonds. The quantitative estimate of drug-likeness (QED) is 0.759. The topological polar surface area (TPSA) is 63.6 Å². The summed E-state index contributed by atoms with van der Waals surface area (Å²) < 4.78 is 27.2. The van der Waals surface area contributed by atoms with E-state index in [0.29, 0.717) is 19.6 Å². The summed E-state index contributed by atoms with van der Waals surface area (Å²) in [6, 6.07) is 0. The highest BCUT2D eigenvalue weighted by Gasteiger charge is 2.31. The minimum Gasteiger partial charge on any atom is -0.396 e. The van der Waals surface area contributed by atoms with Gasteiger partial charge in [-0.2, -0.15) is 0 Å². The Morgan fingerprint density at radius 3 is 2.40 bits per heavy atom. The van der Waals surface area contributed by atoms with Crippen LogP contribution in [-0.2, 0) is 14.6 Å². The van der Waals surface area contributed by atoms with Crippen molar-refractivity contribution in [2.75, 3.05) is 31.8 Å². The molecule has 1 aliphatic heterocycles. The summed E-state index contributed by atoms with van der Waals surface area (Å²) in [5.74, 6) is 0.218. The van der Waals surface area contributed by atoms with Crippen molar-refractivity contribution in [3.8, 4) is 0 Å². The van der Waals surface area contributed by atoms with Gasteiger partial charge in [0.2, 0.25) is 0 Å². The third-order valence-electron chi connectivity index (χ3n) is 3.11. The van der Waals surface area contributed by atoms with Crippen molar-refractivity contribution in [2.45, 2.75) is 25.7 Å². The van der Waals surface area contributed by atoms with E-state index in [2.05, 4.69) is 0 Å². The number of aliphatic hydroxyl groups excluding tert-OH is 1. The Hall–Kier alpha value is -0.130. The third-order valence-corrected chi connectivity index (χ3v) is 4.14. The number of sulfone groups is 1. The van der Waals surface area contributed by atoms with E-state index in [1.165, 1.54) is 6.26 Å². The van der Waals surface area contributed by atoms with Crippen molar-refractivity contribution in [3.63, 3.8) is 0 Å². The summed E-state index contributed by atoms with van der Waals surface area (Å²) in [4.78, 5) is 0. The molecule has 0 aromatic carbocycles. The summed E-state index contributed by atoms with van der Waals surface area (Å²) in [6.07, 6.45) is 4.35. The third kappa shape index (κ3) is 4.49. The molecule has 0 unspecified atom stereocenters. The van der Waals surface area contributed by atoms with Gasteiger partial charge in [-0.05, 0) is 31.1 Å². The summed E-state index contributed by atoms with van der Waals surface area (Å²) in [6.45, 7) is 1.50. The van der Waals surface area contributed by atoms with E-state index in [9.17, 15) is 13.5 Å². The average Bonchev–Trinajstić information content (AvgIpc) is 2.17. The van der Waals surface area contributed by atoms with E-state index in [-0.39, 0.29) is 17.8 Å². The molecule has 0 radical (unpaired) electrons. The van der Waals surface area contributed by atoms with Crippen molar-refractivity contribution < 1.29 is 18.3 Å². The van der Waals surface area contributed by atoms with Gasteiger partial charge >= 0.3 is 0 Å². The smallest absolute Gasteiger partial charge is 0.147 e. The molecule has 0 spiro atoms. The van der Waals surface area contributed by atoms with Crippen LogP contribution in [0, 0.1) is 5.41 Å². The van der Waals surface area contributed by atoms with Gasteiger partial charge < -0.3 is 9.84 Å². The summed E-state index contributed by atoms with van der Waals surface area (Å²) >= 11 is 0. The van der Waals surface area contributed by atoms with Crippen LogP contribution in [-0.4, -0.2) is 45.4 Å². The standard InChI is InChI=1S/C10H20O4S/c1-15(12,13)8-2-3-10(9-11)4-6-14-7-5-10/h11H,2-9H2,1H3. The molecule has 0 aliphatic carbocycles. The molecular weight excluding hydrogens is 216 g/mol. The van der Waals surface area contributed by atoms with Gasteiger partial charge in [-0.1, -0.05) is 0 Å². The fourth-order valence-electron chi connectivity index (χ4n) is 2.00. The maximum atomic E-state index is 11.0. The highest BCUT2D eigenvalue weighted by molar-refractivity contribution is 7.90. The summed E-state index contributed by atoms with van der Waals surface area (Å²) in [7, 11) is -2.87. The zero-order valence-electron chi connectivity index (χ0n) is 9.24. The van der Waals surface area contributed by atoms with Gasteiger partial charge in [-0.15, -0.1) is 0 Å². The molecule has 1 N–H and O–H groups in total. The van der Waals surface area contributed by atoms with Gasteiger partial charge in [0.25, 0.3) is 0 Å². The molecule has 4 nitrogen and oxygen atoms in total. The van der Waals surface area contributed by atoms with Crippen LogP contribution >= 0.6 is 0 Å². The lowest BCUT2D eigenvalue weighted by Crippen LogP contribution is -2.33. The van der Waals surface area contributed by atoms with Crippen molar-refractivity contribution in [3.05, 3.63) is 0 Å². The predicted octanol–water partition coefficient (Wildman–Crippen LogP) is 0.600. The zero-order chi connectivity index (χ0) is 11.4. The molecule has 1 fully saturated rings. The van der Waals surface area contributed by atoms with Crippen LogP contribution in [0.15, 0.2) is 0 Å². The molecule has 1 heterocycles. The van der Waals surface area contributed by atoms with Gasteiger partial charge in [0.1, 0.15) is 9.84 Å². The maximum Gasteiger partial charge on any atom is 0.147 e. The Labute approximate surface area is 91.6 Å². The van der Waals surface area contributed by atoms with Crippen molar-refractivity contribution >= 4 is 9.84 Å². The molecule has 90 valence electrons. The van der Waals surface area contributed by atoms with Crippen LogP contribution in [0.2, 0.25) is 0 Å². The second-order valence-corrected chi connectivity index (χ2v) is 6.76. The van der Waals surface area contributed by atoms with Crippen LogP contribution in [0.4, 0.5) is 0 Å². The van der Waals surface area contributed by atoms with Crippen LogP contribution in [0.1, 0.15) is 25.7 Å². The van der Waals surface area contributed by atoms with Crippen LogP contribution in [0.3, 0.4) is 0 Å². The van der Waals surface area contributed by atoms with Crippen molar-refractivity contribution in [1.82, 2.24) is 0 Å². The largest absolute Gasteiger partial charge is 0.396 e. The number of hydrogen-bond donors (Lipinski definition) is 1. The van der Waals surface area contributed by atoms with E-state index in [1.807, 2.05) is 0 Å². The lowest BCUT2D eigenvalue weighted by atomic mass is 9.77. The molecule has 0 atom stereocenters. The van der Waals surface area contributed by atoms with Crippen molar-refractivity contribution in [1.29, 1.82) is 0 Å². The summed E-state index contributed by atoms with van der Waals surface area (Å²) in [5.41, 5.74) is -0.0943. The molecule has 0 saturated carbocycles. The first-order valence-corrected chi connectivity index (χ1v) is 7.40. The molecule has 15 heavy (non-hydrogen) atoms. The Balaban J connectivity index is 2.39. The lowest BCUT2D eigenvalue weighted by Gasteiger charge is -2.35. The molecule has 0 aromatic heterocycles. The Morgan fingerprint density at radius 1 is 1.33 bits per heavy atom. The fourth-order valence-corrected chi connectivity index (χ4v) is 2.67. The molecule has 5 heteroatoms. The molecule has 0 aromatic rings. The first-order chi connectivity index (χ1) is 6.97. The minimum atomic E-state index is -2.87. The Kier molecular flexibility index (Phi) is 4.55. The Morgan fingerprint density at radius 2 is 1.93 bits per heavy atom. The minimum absolute atomic E-state index is 0.0943. The van der Waals surface area contributed by atoms with Crippen molar-refractivity contribution in [2.24, 2.45) is 5.41 Å². The highest BCUT2D eigenvalue weighted by atomic mass is 32.2. The first-order valence-electron chi connectivity index (χ1n) is 5.34.